The molecule has 2 heterocycles. The number of nitrogens with one attached hydrogen (secondary N) is 2. The molecule has 0 aromatic heterocycles. The summed E-state index contributed by atoms with van der Waals surface area (Å²) in [5, 5.41) is 15.2. The van der Waals surface area contributed by atoms with Crippen LogP contribution in [-0.4, -0.2) is 49.0 Å². The van der Waals surface area contributed by atoms with Crippen molar-refractivity contribution in [2.24, 2.45) is 0 Å². The Morgan fingerprint density at radius 3 is 3.00 bits per heavy atom. The largest absolute Gasteiger partial charge is 0.392 e. The molecule has 0 spiro atoms. The van der Waals surface area contributed by atoms with Gasteiger partial charge in [-0.05, 0) is 19.3 Å². The Morgan fingerprint density at radius 1 is 1.53 bits per heavy atom. The van der Waals surface area contributed by atoms with Gasteiger partial charge in [0.15, 0.2) is 0 Å². The molecule has 3 unspecified atom stereocenters. The zero-order valence-electron chi connectivity index (χ0n) is 8.74. The van der Waals surface area contributed by atoms with E-state index in [2.05, 4.69) is 10.6 Å². The standard InChI is InChI=1S/C10H18N2O3/c13-8-4-9(11-5-8)10(14)12-7-2-1-3-15-6-7/h7-9,11,13H,1-6H2,(H,12,14). The fourth-order valence-electron chi connectivity index (χ4n) is 2.07. The fourth-order valence-corrected chi connectivity index (χ4v) is 2.07. The number of rotatable bonds is 2. The van der Waals surface area contributed by atoms with Crippen LogP contribution in [0.4, 0.5) is 0 Å². The van der Waals surface area contributed by atoms with Gasteiger partial charge in [-0.3, -0.25) is 4.79 Å². The van der Waals surface area contributed by atoms with Crippen molar-refractivity contribution < 1.29 is 14.6 Å². The van der Waals surface area contributed by atoms with Crippen LogP contribution < -0.4 is 10.6 Å². The Balaban J connectivity index is 1.76. The van der Waals surface area contributed by atoms with Gasteiger partial charge in [0.25, 0.3) is 0 Å². The molecule has 0 bridgehead atoms. The monoisotopic (exact) mass is 214 g/mol. The fraction of sp³-hybridized carbons (Fsp3) is 0.900. The third-order valence-electron chi connectivity index (χ3n) is 2.93. The minimum Gasteiger partial charge on any atom is -0.392 e. The third-order valence-corrected chi connectivity index (χ3v) is 2.93. The van der Waals surface area contributed by atoms with E-state index in [1.165, 1.54) is 0 Å². The number of aliphatic hydroxyl groups is 1. The first-order valence-electron chi connectivity index (χ1n) is 5.55. The Hall–Kier alpha value is -0.650. The summed E-state index contributed by atoms with van der Waals surface area (Å²) in [6.07, 6.45) is 2.12. The van der Waals surface area contributed by atoms with Crippen molar-refractivity contribution in [3.8, 4) is 0 Å². The minimum atomic E-state index is -0.386. The third kappa shape index (κ3) is 2.90. The van der Waals surface area contributed by atoms with Crippen molar-refractivity contribution >= 4 is 5.91 Å². The summed E-state index contributed by atoms with van der Waals surface area (Å²) in [6, 6.07) is -0.0901. The van der Waals surface area contributed by atoms with Crippen molar-refractivity contribution in [2.75, 3.05) is 19.8 Å². The predicted molar refractivity (Wildman–Crippen MR) is 54.4 cm³/mol. The van der Waals surface area contributed by atoms with Crippen molar-refractivity contribution in [3.05, 3.63) is 0 Å². The maximum Gasteiger partial charge on any atom is 0.237 e. The van der Waals surface area contributed by atoms with Gasteiger partial charge in [-0.1, -0.05) is 0 Å². The van der Waals surface area contributed by atoms with E-state index in [0.29, 0.717) is 19.6 Å². The van der Waals surface area contributed by atoms with Crippen molar-refractivity contribution in [1.82, 2.24) is 10.6 Å². The van der Waals surface area contributed by atoms with Gasteiger partial charge in [-0.2, -0.15) is 0 Å². The maximum absolute atomic E-state index is 11.7. The molecule has 2 saturated heterocycles. The lowest BCUT2D eigenvalue weighted by atomic mass is 10.1. The highest BCUT2D eigenvalue weighted by Crippen LogP contribution is 2.09. The van der Waals surface area contributed by atoms with Gasteiger partial charge in [0.05, 0.1) is 24.8 Å². The van der Waals surface area contributed by atoms with E-state index in [9.17, 15) is 9.90 Å². The number of ether oxygens (including phenoxy) is 1. The number of carbonyl (C=O) groups excluding carboxylic acids is 1. The molecule has 0 radical (unpaired) electrons. The van der Waals surface area contributed by atoms with Gasteiger partial charge in [0.1, 0.15) is 0 Å². The topological polar surface area (TPSA) is 70.6 Å². The molecule has 15 heavy (non-hydrogen) atoms. The number of amides is 1. The summed E-state index contributed by atoms with van der Waals surface area (Å²) in [5.41, 5.74) is 0. The average molecular weight is 214 g/mol. The molecule has 0 aromatic rings. The second-order valence-electron chi connectivity index (χ2n) is 4.27. The van der Waals surface area contributed by atoms with E-state index in [1.54, 1.807) is 0 Å². The lowest BCUT2D eigenvalue weighted by Crippen LogP contribution is -2.47. The molecule has 1 amide bonds. The first kappa shape index (κ1) is 10.9. The van der Waals surface area contributed by atoms with Gasteiger partial charge in [0.2, 0.25) is 5.91 Å². The van der Waals surface area contributed by atoms with Crippen molar-refractivity contribution in [1.29, 1.82) is 0 Å². The quantitative estimate of drug-likeness (QED) is 0.551. The van der Waals surface area contributed by atoms with Crippen molar-refractivity contribution in [2.45, 2.75) is 37.5 Å². The molecule has 0 aliphatic carbocycles. The second kappa shape index (κ2) is 4.92. The molecule has 2 rings (SSSR count). The van der Waals surface area contributed by atoms with Crippen LogP contribution in [0.25, 0.3) is 0 Å². The molecule has 0 saturated carbocycles. The van der Waals surface area contributed by atoms with Gasteiger partial charge in [0, 0.05) is 13.2 Å². The molecule has 2 fully saturated rings. The molecular weight excluding hydrogens is 196 g/mol. The van der Waals surface area contributed by atoms with Crippen molar-refractivity contribution in [3.63, 3.8) is 0 Å². The zero-order valence-corrected chi connectivity index (χ0v) is 8.74. The summed E-state index contributed by atoms with van der Waals surface area (Å²) in [4.78, 5) is 11.7. The predicted octanol–water partition coefficient (Wildman–Crippen LogP) is -0.996. The Morgan fingerprint density at radius 2 is 2.40 bits per heavy atom. The number of hydrogen-bond donors (Lipinski definition) is 3. The first-order valence-corrected chi connectivity index (χ1v) is 5.55. The SMILES string of the molecule is O=C(NC1CCCOC1)C1CC(O)CN1. The molecule has 2 aliphatic rings. The Labute approximate surface area is 89.2 Å². The van der Waals surface area contributed by atoms with E-state index < -0.39 is 0 Å². The minimum absolute atomic E-state index is 0.0120. The highest BCUT2D eigenvalue weighted by atomic mass is 16.5. The highest BCUT2D eigenvalue weighted by Gasteiger charge is 2.29. The molecule has 86 valence electrons. The number of carbonyl (C=O) groups is 1. The summed E-state index contributed by atoms with van der Waals surface area (Å²) in [5.74, 6) is -0.0120. The van der Waals surface area contributed by atoms with E-state index in [4.69, 9.17) is 4.74 Å². The van der Waals surface area contributed by atoms with E-state index in [1.807, 2.05) is 0 Å². The maximum atomic E-state index is 11.7. The molecule has 5 heteroatoms. The van der Waals surface area contributed by atoms with Crippen LogP contribution in [0.3, 0.4) is 0 Å². The molecule has 3 atom stereocenters. The van der Waals surface area contributed by atoms with Gasteiger partial charge >= 0.3 is 0 Å². The van der Waals surface area contributed by atoms with Gasteiger partial charge in [-0.25, -0.2) is 0 Å². The number of aliphatic hydroxyl groups excluding tert-OH is 1. The summed E-state index contributed by atoms with van der Waals surface area (Å²) < 4.78 is 5.28. The van der Waals surface area contributed by atoms with Crippen LogP contribution in [0.2, 0.25) is 0 Å². The van der Waals surface area contributed by atoms with E-state index in [0.717, 1.165) is 19.4 Å². The Kier molecular flexibility index (Phi) is 3.56. The van der Waals surface area contributed by atoms with Crippen LogP contribution >= 0.6 is 0 Å². The van der Waals surface area contributed by atoms with Crippen LogP contribution in [0, 0.1) is 0 Å². The van der Waals surface area contributed by atoms with Crippen LogP contribution in [-0.2, 0) is 9.53 Å². The summed E-state index contributed by atoms with van der Waals surface area (Å²) in [6.45, 7) is 1.92. The lowest BCUT2D eigenvalue weighted by Gasteiger charge is -2.24. The molecular formula is C10H18N2O3. The Bertz CT molecular complexity index is 229. The second-order valence-corrected chi connectivity index (χ2v) is 4.27. The van der Waals surface area contributed by atoms with Crippen LogP contribution in [0.5, 0.6) is 0 Å². The van der Waals surface area contributed by atoms with E-state index >= 15 is 0 Å². The smallest absolute Gasteiger partial charge is 0.237 e. The highest BCUT2D eigenvalue weighted by molar-refractivity contribution is 5.82. The summed E-state index contributed by atoms with van der Waals surface area (Å²) in [7, 11) is 0. The molecule has 3 N–H and O–H groups in total. The molecule has 5 nitrogen and oxygen atoms in total. The van der Waals surface area contributed by atoms with E-state index in [-0.39, 0.29) is 24.1 Å². The van der Waals surface area contributed by atoms with Crippen LogP contribution in [0.15, 0.2) is 0 Å². The first-order chi connectivity index (χ1) is 7.25. The number of hydrogen-bond acceptors (Lipinski definition) is 4. The number of β-amino-alcohol motifs (C(OH)–C–C–N with tert-alkyl or cyclic N) is 1. The normalized spacial score (nSPS) is 36.5. The average Bonchev–Trinajstić information content (AvgIpc) is 2.66. The van der Waals surface area contributed by atoms with Crippen LogP contribution in [0.1, 0.15) is 19.3 Å². The summed E-state index contributed by atoms with van der Waals surface area (Å²) >= 11 is 0. The van der Waals surface area contributed by atoms with Gasteiger partial charge in [-0.15, -0.1) is 0 Å². The zero-order chi connectivity index (χ0) is 10.7. The molecule has 2 aliphatic heterocycles. The molecule has 0 aromatic carbocycles. The van der Waals surface area contributed by atoms with Gasteiger partial charge < -0.3 is 20.5 Å². The lowest BCUT2D eigenvalue weighted by molar-refractivity contribution is -0.124.